The van der Waals surface area contributed by atoms with Crippen LogP contribution < -0.4 is 10.6 Å². The first-order valence-electron chi connectivity index (χ1n) is 5.97. The van der Waals surface area contributed by atoms with Crippen LogP contribution in [0.1, 0.15) is 12.2 Å². The smallest absolute Gasteiger partial charge is 0.373 e. The van der Waals surface area contributed by atoms with Crippen molar-refractivity contribution in [1.29, 1.82) is 0 Å². The van der Waals surface area contributed by atoms with Gasteiger partial charge in [-0.1, -0.05) is 0 Å². The SMILES string of the molecule is CNc1cc(NC2CCN(C)C2=O)nc(C(F)(F)F)n1. The fraction of sp³-hybridized carbons (Fsp3) is 0.545. The van der Waals surface area contributed by atoms with E-state index >= 15 is 0 Å². The highest BCUT2D eigenvalue weighted by Crippen LogP contribution is 2.28. The van der Waals surface area contributed by atoms with Crippen LogP contribution in [0.15, 0.2) is 6.07 Å². The fourth-order valence-corrected chi connectivity index (χ4v) is 1.91. The van der Waals surface area contributed by atoms with Gasteiger partial charge in [-0.2, -0.15) is 13.2 Å². The van der Waals surface area contributed by atoms with E-state index in [4.69, 9.17) is 0 Å². The topological polar surface area (TPSA) is 70.2 Å². The van der Waals surface area contributed by atoms with E-state index in [0.717, 1.165) is 0 Å². The third kappa shape index (κ3) is 2.91. The van der Waals surface area contributed by atoms with Gasteiger partial charge < -0.3 is 15.5 Å². The highest BCUT2D eigenvalue weighted by molar-refractivity contribution is 5.86. The zero-order valence-corrected chi connectivity index (χ0v) is 11.0. The number of amides is 1. The number of hydrogen-bond acceptors (Lipinski definition) is 5. The van der Waals surface area contributed by atoms with Crippen molar-refractivity contribution in [3.63, 3.8) is 0 Å². The summed E-state index contributed by atoms with van der Waals surface area (Å²) in [6, 6.07) is 0.779. The minimum absolute atomic E-state index is 0.0228. The molecular weight excluding hydrogens is 275 g/mol. The number of likely N-dealkylation sites (tertiary alicyclic amines) is 1. The van der Waals surface area contributed by atoms with Crippen molar-refractivity contribution in [2.45, 2.75) is 18.6 Å². The number of carbonyl (C=O) groups is 1. The van der Waals surface area contributed by atoms with Crippen molar-refractivity contribution >= 4 is 17.5 Å². The molecule has 0 aromatic carbocycles. The maximum atomic E-state index is 12.7. The lowest BCUT2D eigenvalue weighted by Gasteiger charge is -2.15. The lowest BCUT2D eigenvalue weighted by atomic mass is 10.2. The third-order valence-corrected chi connectivity index (χ3v) is 2.99. The third-order valence-electron chi connectivity index (χ3n) is 2.99. The number of carbonyl (C=O) groups excluding carboxylic acids is 1. The Morgan fingerprint density at radius 1 is 1.35 bits per heavy atom. The summed E-state index contributed by atoms with van der Waals surface area (Å²) in [7, 11) is 3.10. The molecule has 1 amide bonds. The Balaban J connectivity index is 2.25. The van der Waals surface area contributed by atoms with Gasteiger partial charge in [0.15, 0.2) is 0 Å². The molecule has 2 N–H and O–H groups in total. The molecule has 1 unspecified atom stereocenters. The van der Waals surface area contributed by atoms with Gasteiger partial charge in [-0.25, -0.2) is 9.97 Å². The molecule has 2 heterocycles. The number of likely N-dealkylation sites (N-methyl/N-ethyl adjacent to an activating group) is 1. The first-order valence-corrected chi connectivity index (χ1v) is 5.97. The monoisotopic (exact) mass is 289 g/mol. The predicted molar refractivity (Wildman–Crippen MR) is 66.2 cm³/mol. The molecule has 110 valence electrons. The van der Waals surface area contributed by atoms with Gasteiger partial charge in [0.1, 0.15) is 17.7 Å². The van der Waals surface area contributed by atoms with Crippen LogP contribution in [0.4, 0.5) is 24.8 Å². The zero-order chi connectivity index (χ0) is 14.9. The van der Waals surface area contributed by atoms with Crippen molar-refractivity contribution in [1.82, 2.24) is 14.9 Å². The van der Waals surface area contributed by atoms with Gasteiger partial charge in [0.05, 0.1) is 0 Å². The predicted octanol–water partition coefficient (Wildman–Crippen LogP) is 1.18. The average molecular weight is 289 g/mol. The van der Waals surface area contributed by atoms with Gasteiger partial charge in [0, 0.05) is 26.7 Å². The summed E-state index contributed by atoms with van der Waals surface area (Å²) >= 11 is 0. The van der Waals surface area contributed by atoms with Crippen LogP contribution in [0.5, 0.6) is 0 Å². The van der Waals surface area contributed by atoms with E-state index in [0.29, 0.717) is 13.0 Å². The number of hydrogen-bond donors (Lipinski definition) is 2. The number of halogens is 3. The van der Waals surface area contributed by atoms with Gasteiger partial charge in [0.25, 0.3) is 0 Å². The van der Waals surface area contributed by atoms with Crippen molar-refractivity contribution in [3.8, 4) is 0 Å². The van der Waals surface area contributed by atoms with Crippen molar-refractivity contribution in [3.05, 3.63) is 11.9 Å². The Morgan fingerprint density at radius 2 is 2.00 bits per heavy atom. The van der Waals surface area contributed by atoms with Crippen LogP contribution in [-0.2, 0) is 11.0 Å². The molecule has 1 aromatic rings. The normalized spacial score (nSPS) is 19.4. The maximum Gasteiger partial charge on any atom is 0.451 e. The van der Waals surface area contributed by atoms with Crippen LogP contribution in [0.3, 0.4) is 0 Å². The van der Waals surface area contributed by atoms with Gasteiger partial charge in [-0.3, -0.25) is 4.79 Å². The highest BCUT2D eigenvalue weighted by Gasteiger charge is 2.36. The number of anilines is 2. The molecule has 0 saturated carbocycles. The Bertz CT molecular complexity index is 519. The molecule has 1 aliphatic heterocycles. The lowest BCUT2D eigenvalue weighted by molar-refractivity contribution is -0.144. The standard InChI is InChI=1S/C11H14F3N5O/c1-15-7-5-8(18-10(17-7)11(12,13)14)16-6-3-4-19(2)9(6)20/h5-6H,3-4H2,1-2H3,(H2,15,16,17,18). The second-order valence-electron chi connectivity index (χ2n) is 4.46. The molecule has 6 nitrogen and oxygen atoms in total. The van der Waals surface area contributed by atoms with Gasteiger partial charge in [-0.15, -0.1) is 0 Å². The Labute approximate surface area is 113 Å². The Hall–Kier alpha value is -2.06. The zero-order valence-electron chi connectivity index (χ0n) is 11.0. The fourth-order valence-electron chi connectivity index (χ4n) is 1.91. The molecule has 0 bridgehead atoms. The van der Waals surface area contributed by atoms with E-state index in [2.05, 4.69) is 20.6 Å². The molecule has 9 heteroatoms. The van der Waals surface area contributed by atoms with Crippen LogP contribution in [0.2, 0.25) is 0 Å². The minimum Gasteiger partial charge on any atom is -0.373 e. The molecule has 20 heavy (non-hydrogen) atoms. The first-order chi connectivity index (χ1) is 9.31. The van der Waals surface area contributed by atoms with Gasteiger partial charge in [0.2, 0.25) is 11.7 Å². The number of nitrogens with one attached hydrogen (secondary N) is 2. The molecular formula is C11H14F3N5O. The summed E-state index contributed by atoms with van der Waals surface area (Å²) in [6.07, 6.45) is -4.12. The molecule has 0 aliphatic carbocycles. The van der Waals surface area contributed by atoms with Crippen LogP contribution in [0.25, 0.3) is 0 Å². The van der Waals surface area contributed by atoms with Crippen LogP contribution in [0, 0.1) is 0 Å². The van der Waals surface area contributed by atoms with Crippen molar-refractivity contribution in [2.75, 3.05) is 31.3 Å². The number of nitrogens with zero attached hydrogens (tertiary/aromatic N) is 3. The quantitative estimate of drug-likeness (QED) is 0.874. The van der Waals surface area contributed by atoms with E-state index in [1.54, 1.807) is 7.05 Å². The summed E-state index contributed by atoms with van der Waals surface area (Å²) in [4.78, 5) is 20.0. The highest BCUT2D eigenvalue weighted by atomic mass is 19.4. The molecule has 0 radical (unpaired) electrons. The van der Waals surface area contributed by atoms with E-state index < -0.39 is 18.0 Å². The van der Waals surface area contributed by atoms with Crippen LogP contribution >= 0.6 is 0 Å². The largest absolute Gasteiger partial charge is 0.451 e. The summed E-state index contributed by atoms with van der Waals surface area (Å²) < 4.78 is 38.0. The van der Waals surface area contributed by atoms with Crippen LogP contribution in [-0.4, -0.2) is 47.5 Å². The maximum absolute atomic E-state index is 12.7. The van der Waals surface area contributed by atoms with Gasteiger partial charge in [-0.05, 0) is 6.42 Å². The summed E-state index contributed by atoms with van der Waals surface area (Å²) in [5, 5.41) is 5.26. The van der Waals surface area contributed by atoms with E-state index in [9.17, 15) is 18.0 Å². The number of alkyl halides is 3. The molecule has 1 aromatic heterocycles. The number of rotatable bonds is 3. The molecule has 1 aliphatic rings. The Kier molecular flexibility index (Phi) is 3.69. The van der Waals surface area contributed by atoms with E-state index in [1.807, 2.05) is 0 Å². The molecule has 1 fully saturated rings. The second kappa shape index (κ2) is 5.14. The van der Waals surface area contributed by atoms with E-state index in [1.165, 1.54) is 18.0 Å². The summed E-state index contributed by atoms with van der Waals surface area (Å²) in [6.45, 7) is 0.562. The van der Waals surface area contributed by atoms with Crippen molar-refractivity contribution in [2.24, 2.45) is 0 Å². The first kappa shape index (κ1) is 14.4. The summed E-state index contributed by atoms with van der Waals surface area (Å²) in [5.74, 6) is -1.40. The lowest BCUT2D eigenvalue weighted by Crippen LogP contribution is -2.31. The number of aromatic nitrogens is 2. The minimum atomic E-state index is -4.64. The van der Waals surface area contributed by atoms with Crippen molar-refractivity contribution < 1.29 is 18.0 Å². The molecule has 2 rings (SSSR count). The molecule has 0 spiro atoms. The molecule has 1 atom stereocenters. The summed E-state index contributed by atoms with van der Waals surface area (Å²) in [5.41, 5.74) is 0. The average Bonchev–Trinajstić information content (AvgIpc) is 2.69. The van der Waals surface area contributed by atoms with E-state index in [-0.39, 0.29) is 17.5 Å². The second-order valence-corrected chi connectivity index (χ2v) is 4.46. The van der Waals surface area contributed by atoms with Gasteiger partial charge >= 0.3 is 6.18 Å². The molecule has 1 saturated heterocycles. The Morgan fingerprint density at radius 3 is 2.50 bits per heavy atom.